The molecule has 2 atom stereocenters. The Bertz CT molecular complexity index is 1610. The van der Waals surface area contributed by atoms with Crippen LogP contribution in [0.15, 0.2) is 60.8 Å². The van der Waals surface area contributed by atoms with Gasteiger partial charge in [-0.15, -0.1) is 0 Å². The Kier molecular flexibility index (Phi) is 7.70. The quantitative estimate of drug-likeness (QED) is 0.377. The second kappa shape index (κ2) is 11.6. The number of hydrogen-bond acceptors (Lipinski definition) is 6. The first-order chi connectivity index (χ1) is 20.8. The van der Waals surface area contributed by atoms with Gasteiger partial charge in [0.05, 0.1) is 11.3 Å². The van der Waals surface area contributed by atoms with Crippen LogP contribution in [0.5, 0.6) is 0 Å². The highest BCUT2D eigenvalue weighted by Gasteiger charge is 2.51. The third-order valence-corrected chi connectivity index (χ3v) is 8.94. The molecule has 1 saturated heterocycles. The number of nitrogens with one attached hydrogen (secondary N) is 3. The van der Waals surface area contributed by atoms with Gasteiger partial charge in [-0.2, -0.15) is 0 Å². The van der Waals surface area contributed by atoms with E-state index in [0.717, 1.165) is 27.8 Å². The summed E-state index contributed by atoms with van der Waals surface area (Å²) in [5.41, 5.74) is 4.94. The van der Waals surface area contributed by atoms with Crippen molar-refractivity contribution in [2.24, 2.45) is 5.92 Å². The SMILES string of the molecule is CNCc1ccccc1CN(CC(=O)Nc1ccc2c(c1)CC1(C2)C(=O)Nc2ncccc21)C(=O)C1CCN(C(C)=O)C1. The van der Waals surface area contributed by atoms with E-state index in [1.807, 2.05) is 61.6 Å². The molecule has 3 N–H and O–H groups in total. The third-order valence-electron chi connectivity index (χ3n) is 8.94. The topological polar surface area (TPSA) is 124 Å². The molecule has 3 aliphatic rings. The molecule has 2 aromatic carbocycles. The van der Waals surface area contributed by atoms with Gasteiger partial charge in [-0.1, -0.05) is 36.4 Å². The van der Waals surface area contributed by atoms with Crippen LogP contribution in [0, 0.1) is 5.92 Å². The van der Waals surface area contributed by atoms with Gasteiger partial charge in [0.15, 0.2) is 0 Å². The standard InChI is InChI=1S/C33H36N6O4/c1-21(40)38-13-11-25(19-38)31(42)39(18-24-7-4-3-6-23(24)17-34-2)20-29(41)36-27-10-9-22-15-33(16-26(22)14-27)28-8-5-12-35-30(28)37-32(33)43/h3-10,12,14,25,34H,11,13,15-20H2,1-2H3,(H,36,41)(H,35,37,43). The van der Waals surface area contributed by atoms with Crippen LogP contribution < -0.4 is 16.0 Å². The van der Waals surface area contributed by atoms with E-state index in [0.29, 0.717) is 50.4 Å². The van der Waals surface area contributed by atoms with Gasteiger partial charge < -0.3 is 25.8 Å². The van der Waals surface area contributed by atoms with E-state index < -0.39 is 5.41 Å². The highest BCUT2D eigenvalue weighted by atomic mass is 16.2. The predicted octanol–water partition coefficient (Wildman–Crippen LogP) is 2.63. The number of aromatic nitrogens is 1. The molecule has 4 amide bonds. The summed E-state index contributed by atoms with van der Waals surface area (Å²) in [6.07, 6.45) is 3.35. The fourth-order valence-corrected chi connectivity index (χ4v) is 6.72. The second-order valence-electron chi connectivity index (χ2n) is 11.8. The van der Waals surface area contributed by atoms with Crippen LogP contribution >= 0.6 is 0 Å². The minimum atomic E-state index is -0.687. The predicted molar refractivity (Wildman–Crippen MR) is 162 cm³/mol. The molecular weight excluding hydrogens is 544 g/mol. The molecule has 1 aliphatic carbocycles. The highest BCUT2D eigenvalue weighted by Crippen LogP contribution is 2.46. The summed E-state index contributed by atoms with van der Waals surface area (Å²) in [6.45, 7) is 3.22. The van der Waals surface area contributed by atoms with Gasteiger partial charge in [-0.05, 0) is 66.8 Å². The number of benzene rings is 2. The molecule has 10 heteroatoms. The number of carbonyl (C=O) groups excluding carboxylic acids is 4. The Balaban J connectivity index is 1.19. The van der Waals surface area contributed by atoms with Gasteiger partial charge in [0, 0.05) is 50.6 Å². The Hall–Kier alpha value is -4.57. The number of nitrogens with zero attached hydrogens (tertiary/aromatic N) is 3. The first kappa shape index (κ1) is 28.5. The molecule has 6 rings (SSSR count). The van der Waals surface area contributed by atoms with Crippen molar-refractivity contribution in [2.75, 3.05) is 37.3 Å². The van der Waals surface area contributed by atoms with E-state index in [2.05, 4.69) is 20.9 Å². The first-order valence-corrected chi connectivity index (χ1v) is 14.7. The molecule has 2 aliphatic heterocycles. The molecule has 0 bridgehead atoms. The lowest BCUT2D eigenvalue weighted by Crippen LogP contribution is -2.42. The van der Waals surface area contributed by atoms with Crippen molar-refractivity contribution < 1.29 is 19.2 Å². The number of rotatable bonds is 8. The lowest BCUT2D eigenvalue weighted by Gasteiger charge is -2.26. The maximum atomic E-state index is 13.8. The van der Waals surface area contributed by atoms with Crippen LogP contribution in [0.4, 0.5) is 11.5 Å². The van der Waals surface area contributed by atoms with Crippen molar-refractivity contribution in [1.82, 2.24) is 20.1 Å². The monoisotopic (exact) mass is 580 g/mol. The number of hydrogen-bond donors (Lipinski definition) is 3. The number of pyridine rings is 1. The van der Waals surface area contributed by atoms with E-state index in [-0.39, 0.29) is 42.6 Å². The molecule has 10 nitrogen and oxygen atoms in total. The maximum Gasteiger partial charge on any atom is 0.244 e. The summed E-state index contributed by atoms with van der Waals surface area (Å²) in [4.78, 5) is 59.8. The normalized spacial score (nSPS) is 20.1. The molecule has 43 heavy (non-hydrogen) atoms. The van der Waals surface area contributed by atoms with Gasteiger partial charge >= 0.3 is 0 Å². The summed E-state index contributed by atoms with van der Waals surface area (Å²) in [7, 11) is 1.87. The number of fused-ring (bicyclic) bond motifs is 3. The smallest absolute Gasteiger partial charge is 0.244 e. The van der Waals surface area contributed by atoms with E-state index >= 15 is 0 Å². The summed E-state index contributed by atoms with van der Waals surface area (Å²) in [6, 6.07) is 17.4. The zero-order valence-corrected chi connectivity index (χ0v) is 24.5. The molecule has 3 aromatic rings. The van der Waals surface area contributed by atoms with E-state index in [4.69, 9.17) is 0 Å². The van der Waals surface area contributed by atoms with Gasteiger partial charge in [0.25, 0.3) is 0 Å². The number of anilines is 2. The molecule has 3 heterocycles. The minimum absolute atomic E-state index is 0.0489. The summed E-state index contributed by atoms with van der Waals surface area (Å²) in [5.74, 6) is -0.267. The molecule has 2 unspecified atom stereocenters. The summed E-state index contributed by atoms with van der Waals surface area (Å²) < 4.78 is 0. The van der Waals surface area contributed by atoms with E-state index in [9.17, 15) is 19.2 Å². The first-order valence-electron chi connectivity index (χ1n) is 14.7. The second-order valence-corrected chi connectivity index (χ2v) is 11.8. The van der Waals surface area contributed by atoms with Gasteiger partial charge in [0.2, 0.25) is 23.6 Å². The molecule has 1 aromatic heterocycles. The Morgan fingerprint density at radius 3 is 2.63 bits per heavy atom. The van der Waals surface area contributed by atoms with E-state index in [1.165, 1.54) is 6.92 Å². The van der Waals surface area contributed by atoms with Crippen molar-refractivity contribution in [3.63, 3.8) is 0 Å². The van der Waals surface area contributed by atoms with Crippen LogP contribution in [0.3, 0.4) is 0 Å². The van der Waals surface area contributed by atoms with Crippen molar-refractivity contribution >= 4 is 35.1 Å². The van der Waals surface area contributed by atoms with Crippen molar-refractivity contribution in [2.45, 2.75) is 44.7 Å². The number of amides is 4. The fourth-order valence-electron chi connectivity index (χ4n) is 6.72. The average Bonchev–Trinajstić information content (AvgIpc) is 3.70. The molecule has 222 valence electrons. The Morgan fingerprint density at radius 2 is 1.86 bits per heavy atom. The van der Waals surface area contributed by atoms with Crippen LogP contribution in [0.1, 0.15) is 41.2 Å². The zero-order chi connectivity index (χ0) is 30.1. The van der Waals surface area contributed by atoms with Crippen LogP contribution in [-0.4, -0.2) is 65.1 Å². The molecular formula is C33H36N6O4. The Labute approximate surface area is 250 Å². The van der Waals surface area contributed by atoms with Crippen LogP contribution in [-0.2, 0) is 50.5 Å². The zero-order valence-electron chi connectivity index (χ0n) is 24.5. The van der Waals surface area contributed by atoms with Crippen molar-refractivity contribution in [1.29, 1.82) is 0 Å². The van der Waals surface area contributed by atoms with Crippen molar-refractivity contribution in [3.05, 3.63) is 88.6 Å². The van der Waals surface area contributed by atoms with Crippen molar-refractivity contribution in [3.8, 4) is 0 Å². The Morgan fingerprint density at radius 1 is 1.07 bits per heavy atom. The summed E-state index contributed by atoms with van der Waals surface area (Å²) in [5, 5.41) is 9.08. The van der Waals surface area contributed by atoms with Gasteiger partial charge in [0.1, 0.15) is 12.4 Å². The van der Waals surface area contributed by atoms with Gasteiger partial charge in [-0.3, -0.25) is 19.2 Å². The number of likely N-dealkylation sites (tertiary alicyclic amines) is 1. The van der Waals surface area contributed by atoms with E-state index in [1.54, 1.807) is 16.0 Å². The largest absolute Gasteiger partial charge is 0.342 e. The average molecular weight is 581 g/mol. The lowest BCUT2D eigenvalue weighted by atomic mass is 9.79. The molecule has 0 saturated carbocycles. The summed E-state index contributed by atoms with van der Waals surface area (Å²) >= 11 is 0. The van der Waals surface area contributed by atoms with Crippen LogP contribution in [0.25, 0.3) is 0 Å². The number of carbonyl (C=O) groups is 4. The van der Waals surface area contributed by atoms with Crippen LogP contribution in [0.2, 0.25) is 0 Å². The lowest BCUT2D eigenvalue weighted by molar-refractivity contribution is -0.139. The third kappa shape index (κ3) is 5.50. The minimum Gasteiger partial charge on any atom is -0.342 e. The highest BCUT2D eigenvalue weighted by molar-refractivity contribution is 6.06. The molecule has 0 radical (unpaired) electrons. The van der Waals surface area contributed by atoms with Gasteiger partial charge in [-0.25, -0.2) is 4.98 Å². The molecule has 1 spiro atoms. The molecule has 1 fully saturated rings. The fraction of sp³-hybridized carbons (Fsp3) is 0.364. The maximum absolute atomic E-state index is 13.8.